The number of rotatable bonds is 38. The number of ether oxygens (including phenoxy) is 14. The molecule has 3 aliphatic rings. The summed E-state index contributed by atoms with van der Waals surface area (Å²) >= 11 is 0. The van der Waals surface area contributed by atoms with Crippen molar-refractivity contribution in [1.82, 2.24) is 0 Å². The van der Waals surface area contributed by atoms with E-state index in [0.717, 1.165) is 57.8 Å². The van der Waals surface area contributed by atoms with Gasteiger partial charge in [-0.3, -0.25) is 14.4 Å². The third kappa shape index (κ3) is 22.4. The molecule has 19 nitrogen and oxygen atoms in total. The minimum absolute atomic E-state index is 0.00771. The van der Waals surface area contributed by atoms with Crippen LogP contribution in [0.15, 0.2) is 0 Å². The summed E-state index contributed by atoms with van der Waals surface area (Å²) in [6.07, 6.45) is -6.77. The second kappa shape index (κ2) is 36.5. The standard InChI is InChI=1S/C65H120O19/c1-20-28-34-71-40-43-46(66)49(74-37-31-23-4)52(80-58(68)61(9,10)11)55(77-43)64(18,26-7)83-47-44(41-72-35-29-21-2)78-56(53(50(47)75-38-32-24-5)81-59(69)62(12,13)14)65(19,27-8)84-48-45(42-73-36-30-22-3)79-57(67)54(51(48)76-39-33-25-6)82-60(70)63(15,16)17/h43-57,66-67H,20-42H2,1-19H3/t43?,44?,45?,46?,47?,48?,49?,50?,51?,52?,53?,54?,55?,56?,57?,64?,65-/m0/s1. The van der Waals surface area contributed by atoms with Gasteiger partial charge >= 0.3 is 17.9 Å². The Balaban J connectivity index is 2.45. The van der Waals surface area contributed by atoms with E-state index in [9.17, 15) is 24.6 Å². The van der Waals surface area contributed by atoms with Crippen molar-refractivity contribution in [3.63, 3.8) is 0 Å². The zero-order chi connectivity index (χ0) is 63.1. The SMILES string of the molecule is CCCCOCC1OC(C(C)(CC)OC2C(COCCCC)OC([C@](C)(CC)OC3C(COCCCC)OC(O)C(OC(=O)C(C)(C)C)C3OCCCC)C(OC(=O)C(C)(C)C)C2OCCCC)C(OC(=O)C(C)(C)C)C(OCCCC)C1O. The van der Waals surface area contributed by atoms with Crippen LogP contribution in [0.3, 0.4) is 0 Å². The summed E-state index contributed by atoms with van der Waals surface area (Å²) in [4.78, 5) is 42.7. The summed E-state index contributed by atoms with van der Waals surface area (Å²) in [5, 5.41) is 24.1. The first-order chi connectivity index (χ1) is 39.6. The van der Waals surface area contributed by atoms with Gasteiger partial charge in [-0.1, -0.05) is 93.9 Å². The summed E-state index contributed by atoms with van der Waals surface area (Å²) in [5.41, 5.74) is -5.66. The first-order valence-corrected chi connectivity index (χ1v) is 32.5. The fourth-order valence-electron chi connectivity index (χ4n) is 10.0. The molecule has 0 spiro atoms. The van der Waals surface area contributed by atoms with E-state index in [4.69, 9.17) is 66.3 Å². The van der Waals surface area contributed by atoms with E-state index in [0.29, 0.717) is 39.1 Å². The molecule has 494 valence electrons. The number of aliphatic hydroxyl groups excluding tert-OH is 2. The van der Waals surface area contributed by atoms with E-state index in [-0.39, 0.29) is 52.5 Å². The van der Waals surface area contributed by atoms with E-state index in [1.165, 1.54) is 0 Å². The highest BCUT2D eigenvalue weighted by atomic mass is 16.7. The summed E-state index contributed by atoms with van der Waals surface area (Å²) in [6.45, 7) is 38.1. The lowest BCUT2D eigenvalue weighted by Crippen LogP contribution is -2.72. The van der Waals surface area contributed by atoms with Crippen LogP contribution in [0.4, 0.5) is 0 Å². The topological polar surface area (TPSA) is 221 Å². The zero-order valence-corrected chi connectivity index (χ0v) is 55.8. The monoisotopic (exact) mass is 1200 g/mol. The highest BCUT2D eigenvalue weighted by Crippen LogP contribution is 2.45. The molecule has 3 rings (SSSR count). The second-order valence-electron chi connectivity index (χ2n) is 27.0. The number of esters is 3. The Labute approximate surface area is 507 Å². The number of unbranched alkanes of at least 4 members (excludes halogenated alkanes) is 6. The molecule has 3 heterocycles. The van der Waals surface area contributed by atoms with Crippen LogP contribution >= 0.6 is 0 Å². The molecular formula is C65H120O19. The van der Waals surface area contributed by atoms with Crippen molar-refractivity contribution in [2.75, 3.05) is 59.5 Å². The van der Waals surface area contributed by atoms with Crippen LogP contribution in [-0.2, 0) is 80.7 Å². The molecule has 0 radical (unpaired) electrons. The lowest BCUT2D eigenvalue weighted by Gasteiger charge is -2.56. The number of hydrogen-bond donors (Lipinski definition) is 2. The van der Waals surface area contributed by atoms with Crippen LogP contribution in [0.1, 0.15) is 221 Å². The molecule has 0 amide bonds. The Morgan fingerprint density at radius 2 is 0.667 bits per heavy atom. The van der Waals surface area contributed by atoms with Crippen molar-refractivity contribution >= 4 is 17.9 Å². The first kappa shape index (κ1) is 76.1. The highest BCUT2D eigenvalue weighted by Gasteiger charge is 2.62. The molecule has 3 saturated heterocycles. The maximum absolute atomic E-state index is 14.7. The van der Waals surface area contributed by atoms with Crippen LogP contribution in [0.25, 0.3) is 0 Å². The van der Waals surface area contributed by atoms with E-state index < -0.39 is 137 Å². The van der Waals surface area contributed by atoms with E-state index in [1.54, 1.807) is 62.3 Å². The summed E-state index contributed by atoms with van der Waals surface area (Å²) in [6, 6.07) is 0. The molecule has 84 heavy (non-hydrogen) atoms. The van der Waals surface area contributed by atoms with Gasteiger partial charge in [0.15, 0.2) is 24.6 Å². The fraction of sp³-hybridized carbons (Fsp3) is 0.954. The predicted molar refractivity (Wildman–Crippen MR) is 320 cm³/mol. The molecule has 0 aromatic carbocycles. The minimum Gasteiger partial charge on any atom is -0.456 e. The molecule has 3 aliphatic heterocycles. The van der Waals surface area contributed by atoms with Crippen molar-refractivity contribution in [2.24, 2.45) is 16.2 Å². The average molecular weight is 1210 g/mol. The van der Waals surface area contributed by atoms with Gasteiger partial charge in [0.1, 0.15) is 67.1 Å². The smallest absolute Gasteiger partial charge is 0.311 e. The van der Waals surface area contributed by atoms with E-state index >= 15 is 0 Å². The summed E-state index contributed by atoms with van der Waals surface area (Å²) < 4.78 is 95.0. The Kier molecular flexibility index (Phi) is 33.1. The molecular weight excluding hydrogens is 1080 g/mol. The van der Waals surface area contributed by atoms with Crippen molar-refractivity contribution in [2.45, 2.75) is 324 Å². The average Bonchev–Trinajstić information content (AvgIpc) is 0.958. The lowest BCUT2D eigenvalue weighted by molar-refractivity contribution is -0.353. The minimum atomic E-state index is -1.59. The Morgan fingerprint density at radius 3 is 1.02 bits per heavy atom. The molecule has 17 atom stereocenters. The third-order valence-electron chi connectivity index (χ3n) is 16.1. The molecule has 0 bridgehead atoms. The summed E-state index contributed by atoms with van der Waals surface area (Å²) in [5.74, 6) is -1.61. The third-order valence-corrected chi connectivity index (χ3v) is 16.1. The molecule has 2 N–H and O–H groups in total. The van der Waals surface area contributed by atoms with Gasteiger partial charge in [0, 0.05) is 39.6 Å². The van der Waals surface area contributed by atoms with Crippen molar-refractivity contribution < 1.29 is 90.9 Å². The predicted octanol–water partition coefficient (Wildman–Crippen LogP) is 10.6. The van der Waals surface area contributed by atoms with Gasteiger partial charge < -0.3 is 76.5 Å². The lowest BCUT2D eigenvalue weighted by atomic mass is 9.81. The molecule has 16 unspecified atom stereocenters. The van der Waals surface area contributed by atoms with Crippen LogP contribution in [0.2, 0.25) is 0 Å². The molecule has 0 aliphatic carbocycles. The van der Waals surface area contributed by atoms with Crippen LogP contribution in [0.5, 0.6) is 0 Å². The van der Waals surface area contributed by atoms with Gasteiger partial charge in [0.05, 0.1) is 47.3 Å². The van der Waals surface area contributed by atoms with E-state index in [2.05, 4.69) is 34.6 Å². The Bertz CT molecular complexity index is 1850. The second-order valence-corrected chi connectivity index (χ2v) is 27.0. The van der Waals surface area contributed by atoms with Crippen molar-refractivity contribution in [1.29, 1.82) is 0 Å². The maximum atomic E-state index is 14.7. The van der Waals surface area contributed by atoms with Gasteiger partial charge in [0.25, 0.3) is 0 Å². The van der Waals surface area contributed by atoms with Crippen molar-refractivity contribution in [3.05, 3.63) is 0 Å². The number of carbonyl (C=O) groups is 3. The molecule has 0 aromatic heterocycles. The molecule has 3 fully saturated rings. The van der Waals surface area contributed by atoms with Gasteiger partial charge in [0.2, 0.25) is 0 Å². The van der Waals surface area contributed by atoms with Gasteiger partial charge in [-0.15, -0.1) is 0 Å². The van der Waals surface area contributed by atoms with Crippen molar-refractivity contribution in [3.8, 4) is 0 Å². The summed E-state index contributed by atoms with van der Waals surface area (Å²) in [7, 11) is 0. The Hall–Kier alpha value is -2.11. The van der Waals surface area contributed by atoms with Gasteiger partial charge in [-0.25, -0.2) is 0 Å². The largest absolute Gasteiger partial charge is 0.456 e. The number of aliphatic hydroxyl groups is 2. The highest BCUT2D eigenvalue weighted by molar-refractivity contribution is 5.76. The molecule has 0 aromatic rings. The van der Waals surface area contributed by atoms with E-state index in [1.807, 2.05) is 34.6 Å². The normalized spacial score (nSPS) is 30.3. The number of hydrogen-bond acceptors (Lipinski definition) is 19. The number of carbonyl (C=O) groups excluding carboxylic acids is 3. The van der Waals surface area contributed by atoms with Crippen LogP contribution < -0.4 is 0 Å². The fourth-order valence-corrected chi connectivity index (χ4v) is 10.0. The Morgan fingerprint density at radius 1 is 0.369 bits per heavy atom. The zero-order valence-electron chi connectivity index (χ0n) is 55.8. The van der Waals surface area contributed by atoms with Crippen LogP contribution in [-0.4, -0.2) is 191 Å². The molecule has 19 heteroatoms. The maximum Gasteiger partial charge on any atom is 0.311 e. The van der Waals surface area contributed by atoms with Gasteiger partial charge in [-0.2, -0.15) is 0 Å². The molecule has 0 saturated carbocycles. The first-order valence-electron chi connectivity index (χ1n) is 32.5. The van der Waals surface area contributed by atoms with Gasteiger partial charge in [-0.05, 0) is 128 Å². The quantitative estimate of drug-likeness (QED) is 0.0333. The van der Waals surface area contributed by atoms with Crippen LogP contribution in [0, 0.1) is 16.2 Å².